The van der Waals surface area contributed by atoms with Gasteiger partial charge in [0.05, 0.1) is 12.5 Å². The Labute approximate surface area is 190 Å². The number of methoxy groups -OCH3 is 1. The molecule has 6 rings (SSSR count). The zero-order chi connectivity index (χ0) is 22.5. The first-order chi connectivity index (χ1) is 16.2. The maximum absolute atomic E-state index is 16.1. The third kappa shape index (κ3) is 3.02. The Morgan fingerprint density at radius 3 is 2.85 bits per heavy atom. The number of benzene rings is 2. The molecule has 2 aromatic heterocycles. The molecule has 2 aliphatic rings. The number of hydrogen-bond acceptors (Lipinski definition) is 6. The van der Waals surface area contributed by atoms with Crippen molar-refractivity contribution < 1.29 is 9.13 Å². The van der Waals surface area contributed by atoms with Crippen LogP contribution in [0.4, 0.5) is 10.2 Å². The number of rotatable bonds is 3. The molecule has 2 unspecified atom stereocenters. The van der Waals surface area contributed by atoms with Crippen LogP contribution in [0.15, 0.2) is 42.6 Å². The van der Waals surface area contributed by atoms with E-state index in [-0.39, 0.29) is 17.2 Å². The van der Waals surface area contributed by atoms with Crippen molar-refractivity contribution in [2.24, 2.45) is 0 Å². The molecule has 4 heterocycles. The van der Waals surface area contributed by atoms with Crippen LogP contribution in [0, 0.1) is 18.2 Å². The monoisotopic (exact) mass is 439 g/mol. The van der Waals surface area contributed by atoms with Crippen LogP contribution in [0.2, 0.25) is 0 Å². The number of anilines is 1. The number of pyridine rings is 1. The number of nitrogens with one attached hydrogen (secondary N) is 1. The van der Waals surface area contributed by atoms with Gasteiger partial charge < -0.3 is 15.0 Å². The van der Waals surface area contributed by atoms with Crippen molar-refractivity contribution in [3.8, 4) is 29.6 Å². The second-order valence-electron chi connectivity index (χ2n) is 8.47. The van der Waals surface area contributed by atoms with E-state index < -0.39 is 5.82 Å². The van der Waals surface area contributed by atoms with Crippen molar-refractivity contribution in [3.63, 3.8) is 0 Å². The molecule has 0 spiro atoms. The van der Waals surface area contributed by atoms with Crippen LogP contribution in [0.3, 0.4) is 0 Å². The number of nitrogens with zero attached hydrogens (tertiary/aromatic N) is 4. The van der Waals surface area contributed by atoms with Gasteiger partial charge in [-0.25, -0.2) is 4.39 Å². The van der Waals surface area contributed by atoms with Gasteiger partial charge in [-0.2, -0.15) is 9.97 Å². The van der Waals surface area contributed by atoms with Gasteiger partial charge in [-0.3, -0.25) is 4.98 Å². The van der Waals surface area contributed by atoms with Gasteiger partial charge >= 0.3 is 6.01 Å². The standard InChI is InChI=1S/C26H22FN5O/c1-3-15-6-4-7-16-8-5-9-17(21(15)16)23-22(27)24-18(14-29-23)25(31-26(30-24)33-2)32-13-11-19-20(32)10-12-28-19/h1,4-9,14,19-20,28H,10-13H2,2H3. The van der Waals surface area contributed by atoms with E-state index in [1.54, 1.807) is 6.20 Å². The van der Waals surface area contributed by atoms with Crippen molar-refractivity contribution in [3.05, 3.63) is 54.0 Å². The molecule has 0 radical (unpaired) electrons. The lowest BCUT2D eigenvalue weighted by molar-refractivity contribution is 0.381. The molecule has 7 heteroatoms. The van der Waals surface area contributed by atoms with E-state index >= 15 is 4.39 Å². The maximum atomic E-state index is 16.1. The van der Waals surface area contributed by atoms with E-state index in [2.05, 4.69) is 31.1 Å². The summed E-state index contributed by atoms with van der Waals surface area (Å²) in [6.45, 7) is 1.82. The summed E-state index contributed by atoms with van der Waals surface area (Å²) in [6, 6.07) is 12.3. The van der Waals surface area contributed by atoms with Crippen molar-refractivity contribution in [2.75, 3.05) is 25.1 Å². The second-order valence-corrected chi connectivity index (χ2v) is 8.47. The van der Waals surface area contributed by atoms with Gasteiger partial charge in [0, 0.05) is 41.3 Å². The first-order valence-electron chi connectivity index (χ1n) is 11.1. The number of hydrogen-bond donors (Lipinski definition) is 1. The topological polar surface area (TPSA) is 63.2 Å². The van der Waals surface area contributed by atoms with Crippen molar-refractivity contribution in [2.45, 2.75) is 24.9 Å². The lowest BCUT2D eigenvalue weighted by atomic mass is 9.97. The van der Waals surface area contributed by atoms with Crippen LogP contribution in [-0.4, -0.2) is 47.2 Å². The van der Waals surface area contributed by atoms with E-state index in [0.717, 1.165) is 36.7 Å². The normalized spacial score (nSPS) is 19.7. The Bertz CT molecular complexity index is 1440. The molecular weight excluding hydrogens is 417 g/mol. The summed E-state index contributed by atoms with van der Waals surface area (Å²) in [7, 11) is 1.50. The summed E-state index contributed by atoms with van der Waals surface area (Å²) in [5.74, 6) is 2.88. The van der Waals surface area contributed by atoms with E-state index in [0.29, 0.717) is 34.4 Å². The Morgan fingerprint density at radius 1 is 1.18 bits per heavy atom. The number of ether oxygens (including phenoxy) is 1. The van der Waals surface area contributed by atoms with Crippen LogP contribution >= 0.6 is 0 Å². The summed E-state index contributed by atoms with van der Waals surface area (Å²) < 4.78 is 21.4. The fraction of sp³-hybridized carbons (Fsp3) is 0.269. The van der Waals surface area contributed by atoms with Crippen LogP contribution < -0.4 is 15.0 Å². The van der Waals surface area contributed by atoms with Gasteiger partial charge in [0.25, 0.3) is 0 Å². The quantitative estimate of drug-likeness (QED) is 0.489. The van der Waals surface area contributed by atoms with E-state index in [1.165, 1.54) is 7.11 Å². The molecule has 33 heavy (non-hydrogen) atoms. The van der Waals surface area contributed by atoms with Gasteiger partial charge in [0.1, 0.15) is 17.0 Å². The highest BCUT2D eigenvalue weighted by atomic mass is 19.1. The van der Waals surface area contributed by atoms with E-state index in [4.69, 9.17) is 11.2 Å². The summed E-state index contributed by atoms with van der Waals surface area (Å²) in [4.78, 5) is 15.8. The SMILES string of the molecule is C#Cc1cccc2cccc(-c3ncc4c(N5CCC6NCCC65)nc(OC)nc4c3F)c12. The summed E-state index contributed by atoms with van der Waals surface area (Å²) in [5.41, 5.74) is 1.75. The van der Waals surface area contributed by atoms with E-state index in [1.807, 2.05) is 36.4 Å². The molecule has 0 bridgehead atoms. The third-order valence-corrected chi connectivity index (χ3v) is 6.81. The smallest absolute Gasteiger partial charge is 0.318 e. The molecule has 2 fully saturated rings. The molecule has 164 valence electrons. The van der Waals surface area contributed by atoms with Crippen molar-refractivity contribution in [1.29, 1.82) is 0 Å². The second kappa shape index (κ2) is 7.68. The van der Waals surface area contributed by atoms with Gasteiger partial charge in [-0.1, -0.05) is 36.3 Å². The van der Waals surface area contributed by atoms with Crippen LogP contribution in [-0.2, 0) is 0 Å². The molecule has 0 aliphatic carbocycles. The number of aromatic nitrogens is 3. The molecule has 2 aromatic carbocycles. The molecule has 2 atom stereocenters. The van der Waals surface area contributed by atoms with E-state index in [9.17, 15) is 0 Å². The largest absolute Gasteiger partial charge is 0.467 e. The highest BCUT2D eigenvalue weighted by Gasteiger charge is 2.39. The Hall–Kier alpha value is -3.76. The Morgan fingerprint density at radius 2 is 2.03 bits per heavy atom. The Balaban J connectivity index is 1.58. The fourth-order valence-corrected chi connectivity index (χ4v) is 5.31. The summed E-state index contributed by atoms with van der Waals surface area (Å²) >= 11 is 0. The molecule has 1 N–H and O–H groups in total. The fourth-order valence-electron chi connectivity index (χ4n) is 5.31. The van der Waals surface area contributed by atoms with Gasteiger partial charge in [-0.05, 0) is 30.8 Å². The zero-order valence-electron chi connectivity index (χ0n) is 18.2. The molecule has 0 saturated carbocycles. The maximum Gasteiger partial charge on any atom is 0.318 e. The molecular formula is C26H22FN5O. The summed E-state index contributed by atoms with van der Waals surface area (Å²) in [5, 5.41) is 5.86. The van der Waals surface area contributed by atoms with Gasteiger partial charge in [0.15, 0.2) is 5.82 Å². The zero-order valence-corrected chi connectivity index (χ0v) is 18.2. The minimum Gasteiger partial charge on any atom is -0.467 e. The lowest BCUT2D eigenvalue weighted by Gasteiger charge is -2.26. The highest BCUT2D eigenvalue weighted by Crippen LogP contribution is 2.38. The highest BCUT2D eigenvalue weighted by molar-refractivity contribution is 6.02. The van der Waals surface area contributed by atoms with Crippen LogP contribution in [0.25, 0.3) is 32.9 Å². The minimum atomic E-state index is -0.505. The van der Waals surface area contributed by atoms with Crippen LogP contribution in [0.1, 0.15) is 18.4 Å². The lowest BCUT2D eigenvalue weighted by Crippen LogP contribution is -2.35. The predicted octanol–water partition coefficient (Wildman–Crippen LogP) is 3.91. The predicted molar refractivity (Wildman–Crippen MR) is 127 cm³/mol. The molecule has 6 nitrogen and oxygen atoms in total. The average molecular weight is 439 g/mol. The molecule has 2 saturated heterocycles. The van der Waals surface area contributed by atoms with Crippen molar-refractivity contribution >= 4 is 27.5 Å². The summed E-state index contributed by atoms with van der Waals surface area (Å²) in [6.07, 6.45) is 9.48. The first-order valence-corrected chi connectivity index (χ1v) is 11.1. The average Bonchev–Trinajstić information content (AvgIpc) is 3.47. The van der Waals surface area contributed by atoms with Gasteiger partial charge in [0.2, 0.25) is 0 Å². The number of terminal acetylenes is 1. The van der Waals surface area contributed by atoms with Gasteiger partial charge in [-0.15, -0.1) is 6.42 Å². The first kappa shape index (κ1) is 19.9. The Kier molecular flexibility index (Phi) is 4.63. The van der Waals surface area contributed by atoms with Crippen molar-refractivity contribution in [1.82, 2.24) is 20.3 Å². The number of fused-ring (bicyclic) bond motifs is 3. The molecule has 0 amide bonds. The molecule has 4 aromatic rings. The number of halogens is 1. The minimum absolute atomic E-state index is 0.144. The third-order valence-electron chi connectivity index (χ3n) is 6.81. The molecule has 2 aliphatic heterocycles. The van der Waals surface area contributed by atoms with Crippen LogP contribution in [0.5, 0.6) is 6.01 Å².